The third-order valence-corrected chi connectivity index (χ3v) is 3.58. The highest BCUT2D eigenvalue weighted by Gasteiger charge is 2.23. The highest BCUT2D eigenvalue weighted by atomic mass is 35.5. The van der Waals surface area contributed by atoms with Crippen LogP contribution in [0.15, 0.2) is 12.3 Å². The summed E-state index contributed by atoms with van der Waals surface area (Å²) in [6.45, 7) is 0. The Balaban J connectivity index is 2.05. The Bertz CT molecular complexity index is 364. The number of hydrogen-bond donors (Lipinski definition) is 1. The molecule has 2 nitrogen and oxygen atoms in total. The van der Waals surface area contributed by atoms with Gasteiger partial charge < -0.3 is 5.32 Å². The van der Waals surface area contributed by atoms with E-state index in [2.05, 4.69) is 10.3 Å². The summed E-state index contributed by atoms with van der Waals surface area (Å²) < 4.78 is 0. The molecule has 2 rings (SSSR count). The van der Waals surface area contributed by atoms with Crippen LogP contribution in [0, 0.1) is 5.92 Å². The van der Waals surface area contributed by atoms with Crippen LogP contribution in [-0.2, 0) is 0 Å². The standard InChI is InChI=1S/C12H16Cl2N2/c1-15-11(5-4-8-2-3-8)12-10(14)6-9(13)7-16-12/h6-8,11,15H,2-5H2,1H3. The fraction of sp³-hybridized carbons (Fsp3) is 0.583. The second-order valence-corrected chi connectivity index (χ2v) is 5.23. The fourth-order valence-electron chi connectivity index (χ4n) is 1.91. The molecule has 1 saturated carbocycles. The van der Waals surface area contributed by atoms with Crippen molar-refractivity contribution in [3.05, 3.63) is 28.0 Å². The van der Waals surface area contributed by atoms with E-state index in [9.17, 15) is 0 Å². The molecule has 0 saturated heterocycles. The molecule has 1 unspecified atom stereocenters. The molecule has 0 bridgehead atoms. The van der Waals surface area contributed by atoms with Gasteiger partial charge in [-0.25, -0.2) is 0 Å². The lowest BCUT2D eigenvalue weighted by Crippen LogP contribution is -2.18. The van der Waals surface area contributed by atoms with Gasteiger partial charge in [-0.3, -0.25) is 4.98 Å². The normalized spacial score (nSPS) is 17.4. The van der Waals surface area contributed by atoms with E-state index in [1.807, 2.05) is 7.05 Å². The Kier molecular flexibility index (Phi) is 4.06. The summed E-state index contributed by atoms with van der Waals surface area (Å²) in [4.78, 5) is 4.32. The number of nitrogens with one attached hydrogen (secondary N) is 1. The summed E-state index contributed by atoms with van der Waals surface area (Å²) in [5.41, 5.74) is 0.911. The molecule has 88 valence electrons. The van der Waals surface area contributed by atoms with Gasteiger partial charge in [-0.15, -0.1) is 0 Å². The van der Waals surface area contributed by atoms with Crippen molar-refractivity contribution in [2.75, 3.05) is 7.05 Å². The molecule has 1 aliphatic rings. The van der Waals surface area contributed by atoms with Crippen molar-refractivity contribution < 1.29 is 0 Å². The van der Waals surface area contributed by atoms with Crippen molar-refractivity contribution in [1.82, 2.24) is 10.3 Å². The summed E-state index contributed by atoms with van der Waals surface area (Å²) in [7, 11) is 1.95. The lowest BCUT2D eigenvalue weighted by atomic mass is 10.1. The number of pyridine rings is 1. The van der Waals surface area contributed by atoms with Gasteiger partial charge in [0.05, 0.1) is 21.8 Å². The highest BCUT2D eigenvalue weighted by molar-refractivity contribution is 6.34. The lowest BCUT2D eigenvalue weighted by molar-refractivity contribution is 0.496. The predicted molar refractivity (Wildman–Crippen MR) is 68.0 cm³/mol. The van der Waals surface area contributed by atoms with E-state index in [1.165, 1.54) is 19.3 Å². The maximum absolute atomic E-state index is 6.15. The largest absolute Gasteiger partial charge is 0.312 e. The van der Waals surface area contributed by atoms with Crippen LogP contribution in [0.1, 0.15) is 37.4 Å². The van der Waals surface area contributed by atoms with Crippen molar-refractivity contribution in [3.8, 4) is 0 Å². The van der Waals surface area contributed by atoms with Crippen molar-refractivity contribution >= 4 is 23.2 Å². The van der Waals surface area contributed by atoms with E-state index in [-0.39, 0.29) is 6.04 Å². The van der Waals surface area contributed by atoms with E-state index in [0.717, 1.165) is 18.0 Å². The minimum atomic E-state index is 0.241. The number of halogens is 2. The Morgan fingerprint density at radius 2 is 2.25 bits per heavy atom. The Morgan fingerprint density at radius 3 is 2.81 bits per heavy atom. The Morgan fingerprint density at radius 1 is 1.50 bits per heavy atom. The molecule has 0 radical (unpaired) electrons. The summed E-state index contributed by atoms with van der Waals surface area (Å²) >= 11 is 12.0. The van der Waals surface area contributed by atoms with Gasteiger partial charge in [-0.05, 0) is 31.9 Å². The molecule has 0 aromatic carbocycles. The summed E-state index contributed by atoms with van der Waals surface area (Å²) in [5, 5.41) is 4.52. The first-order valence-electron chi connectivity index (χ1n) is 5.69. The van der Waals surface area contributed by atoms with E-state index in [1.54, 1.807) is 12.3 Å². The summed E-state index contributed by atoms with van der Waals surface area (Å²) in [6.07, 6.45) is 6.78. The lowest BCUT2D eigenvalue weighted by Gasteiger charge is -2.16. The van der Waals surface area contributed by atoms with Crippen molar-refractivity contribution in [2.24, 2.45) is 5.92 Å². The molecule has 1 N–H and O–H groups in total. The molecule has 0 amide bonds. The molecule has 1 aromatic rings. The number of hydrogen-bond acceptors (Lipinski definition) is 2. The minimum Gasteiger partial charge on any atom is -0.312 e. The molecule has 0 spiro atoms. The van der Waals surface area contributed by atoms with E-state index >= 15 is 0 Å². The maximum Gasteiger partial charge on any atom is 0.0760 e. The molecule has 1 aliphatic carbocycles. The SMILES string of the molecule is CNC(CCC1CC1)c1ncc(Cl)cc1Cl. The molecule has 0 aliphatic heterocycles. The average molecular weight is 259 g/mol. The van der Waals surface area contributed by atoms with Gasteiger partial charge in [-0.2, -0.15) is 0 Å². The first-order chi connectivity index (χ1) is 7.70. The average Bonchev–Trinajstić information content (AvgIpc) is 3.05. The van der Waals surface area contributed by atoms with Gasteiger partial charge in [0.15, 0.2) is 0 Å². The van der Waals surface area contributed by atoms with Gasteiger partial charge in [0.1, 0.15) is 0 Å². The van der Waals surface area contributed by atoms with Crippen LogP contribution < -0.4 is 5.32 Å². The van der Waals surface area contributed by atoms with Crippen molar-refractivity contribution in [1.29, 1.82) is 0 Å². The zero-order chi connectivity index (χ0) is 11.5. The third-order valence-electron chi connectivity index (χ3n) is 3.08. The zero-order valence-electron chi connectivity index (χ0n) is 9.34. The number of nitrogens with zero attached hydrogens (tertiary/aromatic N) is 1. The van der Waals surface area contributed by atoms with Crippen LogP contribution in [-0.4, -0.2) is 12.0 Å². The highest BCUT2D eigenvalue weighted by Crippen LogP contribution is 2.36. The van der Waals surface area contributed by atoms with Gasteiger partial charge in [0.25, 0.3) is 0 Å². The summed E-state index contributed by atoms with van der Waals surface area (Å²) in [6, 6.07) is 2.00. The zero-order valence-corrected chi connectivity index (χ0v) is 10.9. The molecule has 1 heterocycles. The number of rotatable bonds is 5. The van der Waals surface area contributed by atoms with Crippen molar-refractivity contribution in [3.63, 3.8) is 0 Å². The van der Waals surface area contributed by atoms with Crippen LogP contribution in [0.2, 0.25) is 10.0 Å². The second-order valence-electron chi connectivity index (χ2n) is 4.38. The predicted octanol–water partition coefficient (Wildman–Crippen LogP) is 3.84. The van der Waals surface area contributed by atoms with Crippen LogP contribution in [0.25, 0.3) is 0 Å². The van der Waals surface area contributed by atoms with Gasteiger partial charge in [-0.1, -0.05) is 36.0 Å². The van der Waals surface area contributed by atoms with Gasteiger partial charge >= 0.3 is 0 Å². The van der Waals surface area contributed by atoms with Crippen LogP contribution in [0.4, 0.5) is 0 Å². The minimum absolute atomic E-state index is 0.241. The molecule has 1 aromatic heterocycles. The molecule has 16 heavy (non-hydrogen) atoms. The summed E-state index contributed by atoms with van der Waals surface area (Å²) in [5.74, 6) is 0.932. The number of aromatic nitrogens is 1. The first kappa shape index (κ1) is 12.2. The van der Waals surface area contributed by atoms with Gasteiger partial charge in [0, 0.05) is 6.20 Å². The van der Waals surface area contributed by atoms with Crippen LogP contribution in [0.5, 0.6) is 0 Å². The second kappa shape index (κ2) is 5.35. The Labute approximate surface area is 106 Å². The molecule has 1 fully saturated rings. The van der Waals surface area contributed by atoms with Crippen molar-refractivity contribution in [2.45, 2.75) is 31.7 Å². The topological polar surface area (TPSA) is 24.9 Å². The van der Waals surface area contributed by atoms with Crippen LogP contribution >= 0.6 is 23.2 Å². The Hall–Kier alpha value is -0.310. The van der Waals surface area contributed by atoms with E-state index in [0.29, 0.717) is 10.0 Å². The van der Waals surface area contributed by atoms with E-state index in [4.69, 9.17) is 23.2 Å². The smallest absolute Gasteiger partial charge is 0.0760 e. The molecule has 1 atom stereocenters. The maximum atomic E-state index is 6.15. The quantitative estimate of drug-likeness (QED) is 0.869. The third kappa shape index (κ3) is 3.09. The molecule has 4 heteroatoms. The van der Waals surface area contributed by atoms with Crippen LogP contribution in [0.3, 0.4) is 0 Å². The van der Waals surface area contributed by atoms with Gasteiger partial charge in [0.2, 0.25) is 0 Å². The monoisotopic (exact) mass is 258 g/mol. The molecular weight excluding hydrogens is 243 g/mol. The van der Waals surface area contributed by atoms with E-state index < -0.39 is 0 Å². The fourth-order valence-corrected chi connectivity index (χ4v) is 2.42. The molecular formula is C12H16Cl2N2. The first-order valence-corrected chi connectivity index (χ1v) is 6.44.